The van der Waals surface area contributed by atoms with Crippen molar-refractivity contribution in [2.24, 2.45) is 5.10 Å². The van der Waals surface area contributed by atoms with Gasteiger partial charge < -0.3 is 4.74 Å². The lowest BCUT2D eigenvalue weighted by atomic mass is 10.1. The zero-order valence-electron chi connectivity index (χ0n) is 10.8. The van der Waals surface area contributed by atoms with Crippen molar-refractivity contribution in [1.29, 1.82) is 0 Å². The van der Waals surface area contributed by atoms with Crippen LogP contribution in [0.2, 0.25) is 0 Å². The largest absolute Gasteiger partial charge is 0.465 e. The lowest BCUT2D eigenvalue weighted by Crippen LogP contribution is -2.07. The summed E-state index contributed by atoms with van der Waals surface area (Å²) in [5, 5.41) is 3.93. The summed E-state index contributed by atoms with van der Waals surface area (Å²) in [4.78, 5) is 11.5. The number of carbonyl (C=O) groups excluding carboxylic acids is 1. The molecule has 4 nitrogen and oxygen atoms in total. The number of carbonyl (C=O) groups is 1. The van der Waals surface area contributed by atoms with Crippen molar-refractivity contribution in [2.45, 2.75) is 0 Å². The summed E-state index contributed by atoms with van der Waals surface area (Å²) in [5.74, 6) is -1.14. The molecule has 0 saturated heterocycles. The zero-order chi connectivity index (χ0) is 14.4. The van der Waals surface area contributed by atoms with Crippen LogP contribution >= 0.6 is 0 Å². The van der Waals surface area contributed by atoms with E-state index in [1.54, 1.807) is 0 Å². The van der Waals surface area contributed by atoms with E-state index in [1.807, 2.05) is 30.3 Å². The number of halogens is 1. The van der Waals surface area contributed by atoms with Gasteiger partial charge in [0.25, 0.3) is 0 Å². The maximum atomic E-state index is 13.7. The normalized spacial score (nSPS) is 10.5. The molecule has 0 aromatic heterocycles. The lowest BCUT2D eigenvalue weighted by Gasteiger charge is -2.05. The maximum Gasteiger partial charge on any atom is 0.338 e. The van der Waals surface area contributed by atoms with Crippen molar-refractivity contribution in [3.05, 3.63) is 65.5 Å². The first-order valence-electron chi connectivity index (χ1n) is 5.93. The molecule has 0 atom stereocenters. The standard InChI is InChI=1S/C15H13FN2O2/c1-20-15(19)12-8-5-9-14(16)13(12)10-17-18-11-6-3-2-4-7-11/h2-10,18H,1H3. The smallest absolute Gasteiger partial charge is 0.338 e. The van der Waals surface area contributed by atoms with E-state index in [9.17, 15) is 9.18 Å². The molecule has 0 amide bonds. The van der Waals surface area contributed by atoms with Gasteiger partial charge in [0.15, 0.2) is 0 Å². The average molecular weight is 272 g/mol. The molecular formula is C15H13FN2O2. The highest BCUT2D eigenvalue weighted by Gasteiger charge is 2.13. The van der Waals surface area contributed by atoms with Crippen LogP contribution < -0.4 is 5.43 Å². The zero-order valence-corrected chi connectivity index (χ0v) is 10.8. The van der Waals surface area contributed by atoms with E-state index in [-0.39, 0.29) is 11.1 Å². The third-order valence-corrected chi connectivity index (χ3v) is 2.62. The predicted molar refractivity (Wildman–Crippen MR) is 75.4 cm³/mol. The molecule has 0 aliphatic rings. The molecule has 0 unspecified atom stereocenters. The minimum atomic E-state index is -0.606. The number of ether oxygens (including phenoxy) is 1. The van der Waals surface area contributed by atoms with E-state index in [0.29, 0.717) is 0 Å². The molecule has 0 aliphatic heterocycles. The van der Waals surface area contributed by atoms with Gasteiger partial charge in [0.1, 0.15) is 5.82 Å². The number of methoxy groups -OCH3 is 1. The van der Waals surface area contributed by atoms with Gasteiger partial charge in [-0.15, -0.1) is 0 Å². The molecule has 102 valence electrons. The Hall–Kier alpha value is -2.69. The van der Waals surface area contributed by atoms with Gasteiger partial charge in [-0.25, -0.2) is 9.18 Å². The van der Waals surface area contributed by atoms with Gasteiger partial charge in [0.05, 0.1) is 24.6 Å². The van der Waals surface area contributed by atoms with Crippen LogP contribution in [0, 0.1) is 5.82 Å². The fourth-order valence-electron chi connectivity index (χ4n) is 1.64. The molecule has 0 saturated carbocycles. The lowest BCUT2D eigenvalue weighted by molar-refractivity contribution is 0.0600. The number of nitrogens with zero attached hydrogens (tertiary/aromatic N) is 1. The third-order valence-electron chi connectivity index (χ3n) is 2.62. The van der Waals surface area contributed by atoms with E-state index in [4.69, 9.17) is 0 Å². The minimum Gasteiger partial charge on any atom is -0.465 e. The molecule has 0 radical (unpaired) electrons. The van der Waals surface area contributed by atoms with Crippen LogP contribution in [0.4, 0.5) is 10.1 Å². The molecule has 2 aromatic rings. The van der Waals surface area contributed by atoms with Crippen LogP contribution in [-0.2, 0) is 4.74 Å². The number of hydrazone groups is 1. The first-order valence-corrected chi connectivity index (χ1v) is 5.93. The Morgan fingerprint density at radius 1 is 1.20 bits per heavy atom. The number of para-hydroxylation sites is 1. The molecule has 20 heavy (non-hydrogen) atoms. The van der Waals surface area contributed by atoms with Gasteiger partial charge >= 0.3 is 5.97 Å². The van der Waals surface area contributed by atoms with Gasteiger partial charge in [-0.05, 0) is 24.3 Å². The quantitative estimate of drug-likeness (QED) is 0.528. The van der Waals surface area contributed by atoms with E-state index in [0.717, 1.165) is 5.69 Å². The van der Waals surface area contributed by atoms with Gasteiger partial charge in [-0.1, -0.05) is 24.3 Å². The molecule has 2 rings (SSSR count). The fourth-order valence-corrected chi connectivity index (χ4v) is 1.64. The molecule has 1 N–H and O–H groups in total. The van der Waals surface area contributed by atoms with Crippen molar-refractivity contribution in [1.82, 2.24) is 0 Å². The monoisotopic (exact) mass is 272 g/mol. The Morgan fingerprint density at radius 2 is 1.95 bits per heavy atom. The highest BCUT2D eigenvalue weighted by molar-refractivity contribution is 5.99. The number of benzene rings is 2. The highest BCUT2D eigenvalue weighted by atomic mass is 19.1. The van der Waals surface area contributed by atoms with Crippen molar-refractivity contribution in [3.63, 3.8) is 0 Å². The topological polar surface area (TPSA) is 50.7 Å². The number of nitrogens with one attached hydrogen (secondary N) is 1. The summed E-state index contributed by atoms with van der Waals surface area (Å²) in [7, 11) is 1.25. The van der Waals surface area contributed by atoms with Crippen molar-refractivity contribution in [3.8, 4) is 0 Å². The Morgan fingerprint density at radius 3 is 2.65 bits per heavy atom. The third kappa shape index (κ3) is 3.20. The van der Waals surface area contributed by atoms with Crippen molar-refractivity contribution < 1.29 is 13.9 Å². The second kappa shape index (κ2) is 6.47. The Kier molecular flexibility index (Phi) is 4.44. The van der Waals surface area contributed by atoms with E-state index in [1.165, 1.54) is 31.5 Å². The van der Waals surface area contributed by atoms with Crippen LogP contribution in [0.15, 0.2) is 53.6 Å². The van der Waals surface area contributed by atoms with Crippen LogP contribution in [0.3, 0.4) is 0 Å². The van der Waals surface area contributed by atoms with Gasteiger partial charge in [-0.2, -0.15) is 5.10 Å². The van der Waals surface area contributed by atoms with Gasteiger partial charge in [0.2, 0.25) is 0 Å². The molecular weight excluding hydrogens is 259 g/mol. The number of esters is 1. The van der Waals surface area contributed by atoms with Crippen molar-refractivity contribution >= 4 is 17.9 Å². The Balaban J connectivity index is 2.22. The summed E-state index contributed by atoms with van der Waals surface area (Å²) in [6, 6.07) is 13.4. The first-order chi connectivity index (χ1) is 9.72. The molecule has 0 heterocycles. The number of anilines is 1. The predicted octanol–water partition coefficient (Wildman–Crippen LogP) is 3.06. The summed E-state index contributed by atoms with van der Waals surface area (Å²) in [6.07, 6.45) is 1.26. The second-order valence-electron chi connectivity index (χ2n) is 3.93. The van der Waals surface area contributed by atoms with E-state index in [2.05, 4.69) is 15.3 Å². The molecule has 2 aromatic carbocycles. The average Bonchev–Trinajstić information content (AvgIpc) is 2.49. The van der Waals surface area contributed by atoms with E-state index >= 15 is 0 Å². The fraction of sp³-hybridized carbons (Fsp3) is 0.0667. The van der Waals surface area contributed by atoms with E-state index < -0.39 is 11.8 Å². The van der Waals surface area contributed by atoms with Crippen LogP contribution in [0.1, 0.15) is 15.9 Å². The molecule has 0 aliphatic carbocycles. The second-order valence-corrected chi connectivity index (χ2v) is 3.93. The highest BCUT2D eigenvalue weighted by Crippen LogP contribution is 2.13. The molecule has 0 bridgehead atoms. The van der Waals surface area contributed by atoms with Crippen LogP contribution in [0.25, 0.3) is 0 Å². The SMILES string of the molecule is COC(=O)c1cccc(F)c1C=NNc1ccccc1. The summed E-state index contributed by atoms with van der Waals surface area (Å²) >= 11 is 0. The molecule has 5 heteroatoms. The molecule has 0 fully saturated rings. The minimum absolute atomic E-state index is 0.0859. The number of hydrogen-bond acceptors (Lipinski definition) is 4. The van der Waals surface area contributed by atoms with Crippen LogP contribution in [-0.4, -0.2) is 19.3 Å². The summed E-state index contributed by atoms with van der Waals surface area (Å²) < 4.78 is 18.4. The Bertz CT molecular complexity index is 627. The van der Waals surface area contributed by atoms with Gasteiger partial charge in [-0.3, -0.25) is 5.43 Å². The van der Waals surface area contributed by atoms with Gasteiger partial charge in [0, 0.05) is 5.56 Å². The summed E-state index contributed by atoms with van der Waals surface area (Å²) in [5.41, 5.74) is 3.74. The summed E-state index contributed by atoms with van der Waals surface area (Å²) in [6.45, 7) is 0. The molecule has 0 spiro atoms. The first kappa shape index (κ1) is 13.7. The maximum absolute atomic E-state index is 13.7. The number of hydrogen-bond donors (Lipinski definition) is 1. The van der Waals surface area contributed by atoms with Crippen molar-refractivity contribution in [2.75, 3.05) is 12.5 Å². The number of rotatable bonds is 4. The van der Waals surface area contributed by atoms with Crippen LogP contribution in [0.5, 0.6) is 0 Å². The Labute approximate surface area is 115 Å².